The van der Waals surface area contributed by atoms with Gasteiger partial charge in [0.05, 0.1) is 17.1 Å². The second-order valence-electron chi connectivity index (χ2n) is 4.13. The van der Waals surface area contributed by atoms with Crippen LogP contribution in [-0.2, 0) is 0 Å². The first kappa shape index (κ1) is 12.3. The van der Waals surface area contributed by atoms with Crippen molar-refractivity contribution >= 4 is 11.4 Å². The van der Waals surface area contributed by atoms with E-state index in [4.69, 9.17) is 5.11 Å². The first-order valence-corrected chi connectivity index (χ1v) is 4.72. The number of phenolic OH excluding ortho intramolecular Hbond substituents is 1. The van der Waals surface area contributed by atoms with Gasteiger partial charge in [0.25, 0.3) is 0 Å². The molecule has 0 aliphatic rings. The van der Waals surface area contributed by atoms with Gasteiger partial charge in [-0.25, -0.2) is 0 Å². The summed E-state index contributed by atoms with van der Waals surface area (Å²) in [4.78, 5) is 9.80. The number of phenols is 1. The number of nitrogens with zero attached hydrogens (tertiary/aromatic N) is 1. The van der Waals surface area contributed by atoms with Crippen molar-refractivity contribution in [3.63, 3.8) is 0 Å². The van der Waals surface area contributed by atoms with E-state index in [0.717, 1.165) is 0 Å². The van der Waals surface area contributed by atoms with E-state index in [0.29, 0.717) is 5.69 Å². The summed E-state index contributed by atoms with van der Waals surface area (Å²) in [5.41, 5.74) is -0.378. The van der Waals surface area contributed by atoms with Crippen molar-refractivity contribution in [2.45, 2.75) is 19.4 Å². The van der Waals surface area contributed by atoms with Crippen molar-refractivity contribution in [2.24, 2.45) is 0 Å². The van der Waals surface area contributed by atoms with E-state index in [1.165, 1.54) is 18.2 Å². The SMILES string of the molecule is CC(C)(CO)Nc1ccc([N+](=O)[O-])c(O)c1. The molecule has 88 valence electrons. The molecule has 0 atom stereocenters. The number of aliphatic hydroxyl groups is 1. The first-order chi connectivity index (χ1) is 7.35. The predicted octanol–water partition coefficient (Wildman–Crippen LogP) is 1.48. The van der Waals surface area contributed by atoms with Gasteiger partial charge in [0.15, 0.2) is 5.75 Å². The van der Waals surface area contributed by atoms with Crippen molar-refractivity contribution < 1.29 is 15.1 Å². The Morgan fingerprint density at radius 2 is 2.12 bits per heavy atom. The maximum absolute atomic E-state index is 10.5. The molecule has 1 rings (SSSR count). The minimum Gasteiger partial charge on any atom is -0.502 e. The van der Waals surface area contributed by atoms with Gasteiger partial charge in [-0.15, -0.1) is 0 Å². The molecule has 16 heavy (non-hydrogen) atoms. The molecule has 1 aromatic rings. The van der Waals surface area contributed by atoms with Gasteiger partial charge in [0.1, 0.15) is 0 Å². The quantitative estimate of drug-likeness (QED) is 0.534. The lowest BCUT2D eigenvalue weighted by Crippen LogP contribution is -2.34. The van der Waals surface area contributed by atoms with E-state index < -0.39 is 16.2 Å². The fraction of sp³-hybridized carbons (Fsp3) is 0.400. The third-order valence-corrected chi connectivity index (χ3v) is 2.05. The van der Waals surface area contributed by atoms with Crippen LogP contribution in [-0.4, -0.2) is 27.3 Å². The van der Waals surface area contributed by atoms with Gasteiger partial charge in [-0.3, -0.25) is 10.1 Å². The lowest BCUT2D eigenvalue weighted by atomic mass is 10.1. The number of hydrogen-bond donors (Lipinski definition) is 3. The molecule has 6 heteroatoms. The number of rotatable bonds is 4. The molecule has 0 bridgehead atoms. The third-order valence-electron chi connectivity index (χ3n) is 2.05. The van der Waals surface area contributed by atoms with Crippen molar-refractivity contribution in [3.05, 3.63) is 28.3 Å². The molecule has 0 spiro atoms. The largest absolute Gasteiger partial charge is 0.502 e. The second-order valence-corrected chi connectivity index (χ2v) is 4.13. The summed E-state index contributed by atoms with van der Waals surface area (Å²) in [5, 5.41) is 31.8. The zero-order chi connectivity index (χ0) is 12.3. The molecule has 0 radical (unpaired) electrons. The molecule has 0 saturated carbocycles. The van der Waals surface area contributed by atoms with Crippen LogP contribution < -0.4 is 5.32 Å². The minimum atomic E-state index is -0.656. The number of aromatic hydroxyl groups is 1. The Bertz CT molecular complexity index is 404. The standard InChI is InChI=1S/C10H14N2O4/c1-10(2,6-13)11-7-3-4-8(12(15)16)9(14)5-7/h3-5,11,13-14H,6H2,1-2H3. The summed E-state index contributed by atoms with van der Waals surface area (Å²) >= 11 is 0. The number of benzene rings is 1. The Kier molecular flexibility index (Phi) is 3.34. The highest BCUT2D eigenvalue weighted by molar-refractivity contribution is 5.58. The van der Waals surface area contributed by atoms with Crippen LogP contribution in [0.4, 0.5) is 11.4 Å². The monoisotopic (exact) mass is 226 g/mol. The fourth-order valence-corrected chi connectivity index (χ4v) is 1.19. The molecule has 0 fully saturated rings. The molecule has 0 aliphatic carbocycles. The first-order valence-electron chi connectivity index (χ1n) is 4.72. The molecular weight excluding hydrogens is 212 g/mol. The van der Waals surface area contributed by atoms with Crippen LogP contribution in [0.15, 0.2) is 18.2 Å². The summed E-state index contributed by atoms with van der Waals surface area (Å²) in [7, 11) is 0. The Hall–Kier alpha value is -1.82. The van der Waals surface area contributed by atoms with E-state index in [-0.39, 0.29) is 12.3 Å². The van der Waals surface area contributed by atoms with E-state index >= 15 is 0 Å². The molecule has 0 saturated heterocycles. The molecule has 0 amide bonds. The average molecular weight is 226 g/mol. The van der Waals surface area contributed by atoms with Crippen molar-refractivity contribution in [2.75, 3.05) is 11.9 Å². The molecule has 0 heterocycles. The maximum atomic E-state index is 10.5. The predicted molar refractivity (Wildman–Crippen MR) is 59.5 cm³/mol. The fourth-order valence-electron chi connectivity index (χ4n) is 1.19. The summed E-state index contributed by atoms with van der Waals surface area (Å²) in [6, 6.07) is 3.95. The molecule has 1 aromatic carbocycles. The number of anilines is 1. The van der Waals surface area contributed by atoms with Crippen LogP contribution in [0.2, 0.25) is 0 Å². The maximum Gasteiger partial charge on any atom is 0.310 e. The number of nitro groups is 1. The Labute approximate surface area is 92.7 Å². The summed E-state index contributed by atoms with van der Waals surface area (Å²) < 4.78 is 0. The van der Waals surface area contributed by atoms with Crippen LogP contribution in [0.1, 0.15) is 13.8 Å². The van der Waals surface area contributed by atoms with Gasteiger partial charge in [-0.1, -0.05) is 0 Å². The highest BCUT2D eigenvalue weighted by atomic mass is 16.6. The van der Waals surface area contributed by atoms with Crippen LogP contribution in [0.25, 0.3) is 0 Å². The number of aliphatic hydroxyl groups excluding tert-OH is 1. The summed E-state index contributed by atoms with van der Waals surface area (Å²) in [6.07, 6.45) is 0. The summed E-state index contributed by atoms with van der Waals surface area (Å²) in [6.45, 7) is 3.45. The molecular formula is C10H14N2O4. The normalized spacial score (nSPS) is 11.2. The molecule has 6 nitrogen and oxygen atoms in total. The van der Waals surface area contributed by atoms with Gasteiger partial charge in [-0.2, -0.15) is 0 Å². The number of hydrogen-bond acceptors (Lipinski definition) is 5. The average Bonchev–Trinajstić information content (AvgIpc) is 2.16. The van der Waals surface area contributed by atoms with E-state index in [2.05, 4.69) is 5.32 Å². The second kappa shape index (κ2) is 4.36. The van der Waals surface area contributed by atoms with Crippen LogP contribution >= 0.6 is 0 Å². The van der Waals surface area contributed by atoms with Crippen LogP contribution in [0.5, 0.6) is 5.75 Å². The topological polar surface area (TPSA) is 95.6 Å². The number of nitro benzene ring substituents is 1. The van der Waals surface area contributed by atoms with Gasteiger partial charge in [0.2, 0.25) is 0 Å². The zero-order valence-corrected chi connectivity index (χ0v) is 9.10. The summed E-state index contributed by atoms with van der Waals surface area (Å²) in [5.74, 6) is -0.399. The minimum absolute atomic E-state index is 0.0925. The molecule has 3 N–H and O–H groups in total. The van der Waals surface area contributed by atoms with Gasteiger partial charge >= 0.3 is 5.69 Å². The van der Waals surface area contributed by atoms with E-state index in [1.54, 1.807) is 13.8 Å². The Balaban J connectivity index is 2.94. The lowest BCUT2D eigenvalue weighted by molar-refractivity contribution is -0.385. The third kappa shape index (κ3) is 2.83. The van der Waals surface area contributed by atoms with Crippen molar-refractivity contribution in [1.82, 2.24) is 0 Å². The van der Waals surface area contributed by atoms with Crippen LogP contribution in [0, 0.1) is 10.1 Å². The van der Waals surface area contributed by atoms with Crippen LogP contribution in [0.3, 0.4) is 0 Å². The highest BCUT2D eigenvalue weighted by Crippen LogP contribution is 2.29. The highest BCUT2D eigenvalue weighted by Gasteiger charge is 2.18. The molecule has 0 unspecified atom stereocenters. The van der Waals surface area contributed by atoms with E-state index in [1.807, 2.05) is 0 Å². The van der Waals surface area contributed by atoms with Gasteiger partial charge < -0.3 is 15.5 Å². The van der Waals surface area contributed by atoms with Crippen molar-refractivity contribution in [1.29, 1.82) is 0 Å². The van der Waals surface area contributed by atoms with Gasteiger partial charge in [-0.05, 0) is 19.9 Å². The Morgan fingerprint density at radius 3 is 2.56 bits per heavy atom. The zero-order valence-electron chi connectivity index (χ0n) is 9.10. The van der Waals surface area contributed by atoms with Gasteiger partial charge in [0, 0.05) is 17.8 Å². The van der Waals surface area contributed by atoms with E-state index in [9.17, 15) is 15.2 Å². The smallest absolute Gasteiger partial charge is 0.310 e. The molecule has 0 aromatic heterocycles. The lowest BCUT2D eigenvalue weighted by Gasteiger charge is -2.24. The Morgan fingerprint density at radius 1 is 1.50 bits per heavy atom. The molecule has 0 aliphatic heterocycles. The van der Waals surface area contributed by atoms with Crippen molar-refractivity contribution in [3.8, 4) is 5.75 Å². The number of nitrogens with one attached hydrogen (secondary N) is 1.